The number of carbonyl (C=O) groups is 2. The van der Waals surface area contributed by atoms with E-state index in [-0.39, 0.29) is 25.0 Å². The van der Waals surface area contributed by atoms with E-state index < -0.39 is 0 Å². The summed E-state index contributed by atoms with van der Waals surface area (Å²) in [5.41, 5.74) is 2.91. The SMILES string of the molecule is CN1CC(=O)N(Cc2nnsc2NN)C1=O. The number of amides is 3. The third-order valence-corrected chi connectivity index (χ3v) is 2.93. The number of anilines is 1. The number of hydrogen-bond acceptors (Lipinski definition) is 7. The van der Waals surface area contributed by atoms with Crippen molar-refractivity contribution in [2.24, 2.45) is 5.84 Å². The number of rotatable bonds is 3. The molecule has 8 nitrogen and oxygen atoms in total. The van der Waals surface area contributed by atoms with Crippen LogP contribution < -0.4 is 11.3 Å². The Kier molecular flexibility index (Phi) is 2.71. The first kappa shape index (κ1) is 10.8. The molecule has 3 amide bonds. The maximum absolute atomic E-state index is 11.6. The van der Waals surface area contributed by atoms with Crippen LogP contribution in [0.5, 0.6) is 0 Å². The highest BCUT2D eigenvalue weighted by Crippen LogP contribution is 2.20. The lowest BCUT2D eigenvalue weighted by molar-refractivity contribution is -0.125. The van der Waals surface area contributed by atoms with Crippen LogP contribution in [0, 0.1) is 0 Å². The second kappa shape index (κ2) is 4.02. The number of carbonyl (C=O) groups excluding carboxylic acids is 2. The van der Waals surface area contributed by atoms with Crippen LogP contribution in [0.3, 0.4) is 0 Å². The molecule has 2 rings (SSSR count). The smallest absolute Gasteiger partial charge is 0.318 e. The zero-order chi connectivity index (χ0) is 11.7. The van der Waals surface area contributed by atoms with Crippen molar-refractivity contribution < 1.29 is 9.59 Å². The molecule has 0 atom stereocenters. The molecule has 1 saturated heterocycles. The van der Waals surface area contributed by atoms with E-state index in [1.807, 2.05) is 0 Å². The first-order valence-corrected chi connectivity index (χ1v) is 5.24. The van der Waals surface area contributed by atoms with E-state index in [1.165, 1.54) is 4.90 Å². The zero-order valence-corrected chi connectivity index (χ0v) is 9.32. The summed E-state index contributed by atoms with van der Waals surface area (Å²) in [5, 5.41) is 4.36. The molecule has 1 fully saturated rings. The minimum absolute atomic E-state index is 0.0953. The molecular formula is C7H10N6O2S. The van der Waals surface area contributed by atoms with E-state index in [0.717, 1.165) is 16.4 Å². The number of nitrogens with zero attached hydrogens (tertiary/aromatic N) is 4. The van der Waals surface area contributed by atoms with Crippen molar-refractivity contribution in [3.63, 3.8) is 0 Å². The van der Waals surface area contributed by atoms with Gasteiger partial charge >= 0.3 is 6.03 Å². The van der Waals surface area contributed by atoms with Crippen LogP contribution in [0.4, 0.5) is 9.80 Å². The van der Waals surface area contributed by atoms with Gasteiger partial charge < -0.3 is 10.3 Å². The van der Waals surface area contributed by atoms with Gasteiger partial charge in [0.15, 0.2) is 0 Å². The molecule has 0 spiro atoms. The molecule has 1 aliphatic heterocycles. The lowest BCUT2D eigenvalue weighted by Gasteiger charge is -2.12. The molecule has 0 bridgehead atoms. The van der Waals surface area contributed by atoms with Crippen LogP contribution in [0.15, 0.2) is 0 Å². The predicted octanol–water partition coefficient (Wildman–Crippen LogP) is -0.782. The molecular weight excluding hydrogens is 232 g/mol. The average molecular weight is 242 g/mol. The predicted molar refractivity (Wildman–Crippen MR) is 56.3 cm³/mol. The highest BCUT2D eigenvalue weighted by atomic mass is 32.1. The van der Waals surface area contributed by atoms with Gasteiger partial charge in [-0.1, -0.05) is 4.49 Å². The van der Waals surface area contributed by atoms with Gasteiger partial charge in [0, 0.05) is 18.6 Å². The highest BCUT2D eigenvalue weighted by Gasteiger charge is 2.34. The van der Waals surface area contributed by atoms with Gasteiger partial charge in [-0.2, -0.15) is 0 Å². The molecule has 0 aliphatic carbocycles. The number of urea groups is 1. The van der Waals surface area contributed by atoms with E-state index in [9.17, 15) is 9.59 Å². The van der Waals surface area contributed by atoms with Gasteiger partial charge in [0.1, 0.15) is 17.2 Å². The number of imide groups is 1. The van der Waals surface area contributed by atoms with E-state index in [4.69, 9.17) is 5.84 Å². The number of nitrogens with two attached hydrogens (primary N) is 1. The third-order valence-electron chi connectivity index (χ3n) is 2.23. The van der Waals surface area contributed by atoms with Crippen LogP contribution in [0.25, 0.3) is 0 Å². The standard InChI is InChI=1S/C7H10N6O2S/c1-12-3-5(14)13(7(12)15)2-4-6(9-8)16-11-10-4/h9H,2-3,8H2,1H3. The number of nitrogens with one attached hydrogen (secondary N) is 1. The minimum atomic E-state index is -0.332. The monoisotopic (exact) mass is 242 g/mol. The highest BCUT2D eigenvalue weighted by molar-refractivity contribution is 7.10. The molecule has 1 aromatic rings. The Hall–Kier alpha value is -1.74. The Labute approximate surface area is 95.1 Å². The number of nitrogen functional groups attached to an aromatic ring is 1. The first-order valence-electron chi connectivity index (χ1n) is 4.46. The summed E-state index contributed by atoms with van der Waals surface area (Å²) in [6, 6.07) is -0.332. The summed E-state index contributed by atoms with van der Waals surface area (Å²) >= 11 is 1.08. The van der Waals surface area contributed by atoms with Gasteiger partial charge in [-0.3, -0.25) is 9.69 Å². The van der Waals surface area contributed by atoms with Gasteiger partial charge in [0.25, 0.3) is 5.91 Å². The van der Waals surface area contributed by atoms with Gasteiger partial charge in [-0.15, -0.1) is 5.10 Å². The van der Waals surface area contributed by atoms with Gasteiger partial charge in [-0.25, -0.2) is 10.6 Å². The maximum atomic E-state index is 11.6. The van der Waals surface area contributed by atoms with E-state index in [2.05, 4.69) is 15.0 Å². The van der Waals surface area contributed by atoms with Crippen molar-refractivity contribution >= 4 is 28.5 Å². The summed E-state index contributed by atoms with van der Waals surface area (Å²) in [5.74, 6) is 5.00. The number of hydrazine groups is 1. The molecule has 1 aromatic heterocycles. The van der Waals surface area contributed by atoms with Crippen LogP contribution in [-0.4, -0.2) is 44.9 Å². The van der Waals surface area contributed by atoms with Crippen molar-refractivity contribution in [1.82, 2.24) is 19.4 Å². The lowest BCUT2D eigenvalue weighted by atomic mass is 10.4. The Morgan fingerprint density at radius 3 is 2.88 bits per heavy atom. The molecule has 9 heteroatoms. The average Bonchev–Trinajstić information content (AvgIpc) is 2.79. The quantitative estimate of drug-likeness (QED) is 0.409. The number of hydrogen-bond donors (Lipinski definition) is 2. The zero-order valence-electron chi connectivity index (χ0n) is 8.51. The summed E-state index contributed by atoms with van der Waals surface area (Å²) in [4.78, 5) is 25.5. The second-order valence-electron chi connectivity index (χ2n) is 3.31. The van der Waals surface area contributed by atoms with Crippen molar-refractivity contribution in [2.45, 2.75) is 6.54 Å². The summed E-state index contributed by atoms with van der Waals surface area (Å²) in [7, 11) is 1.57. The Morgan fingerprint density at radius 2 is 2.31 bits per heavy atom. The number of likely N-dealkylation sites (N-methyl/N-ethyl adjacent to an activating group) is 1. The topological polar surface area (TPSA) is 104 Å². The van der Waals surface area contributed by atoms with Gasteiger partial charge in [0.2, 0.25) is 0 Å². The molecule has 16 heavy (non-hydrogen) atoms. The van der Waals surface area contributed by atoms with Crippen LogP contribution in [0.2, 0.25) is 0 Å². The van der Waals surface area contributed by atoms with Crippen molar-refractivity contribution in [2.75, 3.05) is 19.0 Å². The third kappa shape index (κ3) is 1.70. The first-order chi connectivity index (χ1) is 7.63. The summed E-state index contributed by atoms with van der Waals surface area (Å²) in [6.45, 7) is 0.194. The molecule has 86 valence electrons. The molecule has 1 aliphatic rings. The minimum Gasteiger partial charge on any atom is -0.318 e. The van der Waals surface area contributed by atoms with Gasteiger partial charge in [0.05, 0.1) is 6.54 Å². The fraction of sp³-hybridized carbons (Fsp3) is 0.429. The van der Waals surface area contributed by atoms with E-state index in [1.54, 1.807) is 7.05 Å². The van der Waals surface area contributed by atoms with Crippen LogP contribution in [0.1, 0.15) is 5.69 Å². The van der Waals surface area contributed by atoms with Crippen molar-refractivity contribution in [1.29, 1.82) is 0 Å². The fourth-order valence-electron chi connectivity index (χ4n) is 1.40. The fourth-order valence-corrected chi connectivity index (χ4v) is 1.88. The number of aromatic nitrogens is 2. The summed E-state index contributed by atoms with van der Waals surface area (Å²) in [6.07, 6.45) is 0. The van der Waals surface area contributed by atoms with E-state index >= 15 is 0 Å². The van der Waals surface area contributed by atoms with Crippen LogP contribution >= 0.6 is 11.5 Å². The normalized spacial score (nSPS) is 16.1. The Morgan fingerprint density at radius 1 is 1.56 bits per heavy atom. The molecule has 0 unspecified atom stereocenters. The van der Waals surface area contributed by atoms with Crippen molar-refractivity contribution in [3.8, 4) is 0 Å². The maximum Gasteiger partial charge on any atom is 0.327 e. The molecule has 3 N–H and O–H groups in total. The Balaban J connectivity index is 2.16. The van der Waals surface area contributed by atoms with E-state index in [0.29, 0.717) is 10.7 Å². The second-order valence-corrected chi connectivity index (χ2v) is 4.07. The largest absolute Gasteiger partial charge is 0.327 e. The molecule has 0 saturated carbocycles. The molecule has 0 radical (unpaired) electrons. The van der Waals surface area contributed by atoms with Gasteiger partial charge in [-0.05, 0) is 0 Å². The molecule has 2 heterocycles. The summed E-state index contributed by atoms with van der Waals surface area (Å²) < 4.78 is 3.69. The lowest BCUT2D eigenvalue weighted by Crippen LogP contribution is -2.31. The Bertz CT molecular complexity index is 432. The van der Waals surface area contributed by atoms with Crippen LogP contribution in [-0.2, 0) is 11.3 Å². The van der Waals surface area contributed by atoms with Crippen molar-refractivity contribution in [3.05, 3.63) is 5.69 Å². The molecule has 0 aromatic carbocycles.